The molecule has 2 fully saturated rings. The summed E-state index contributed by atoms with van der Waals surface area (Å²) in [5.74, 6) is 0.570. The summed E-state index contributed by atoms with van der Waals surface area (Å²) in [5, 5.41) is 2.91. The van der Waals surface area contributed by atoms with Crippen LogP contribution in [0.5, 0.6) is 0 Å². The highest BCUT2D eigenvalue weighted by Crippen LogP contribution is 2.27. The van der Waals surface area contributed by atoms with Crippen LogP contribution in [0.4, 0.5) is 0 Å². The van der Waals surface area contributed by atoms with Crippen LogP contribution in [0.25, 0.3) is 0 Å². The van der Waals surface area contributed by atoms with Crippen LogP contribution in [0.3, 0.4) is 0 Å². The highest BCUT2D eigenvalue weighted by molar-refractivity contribution is 5.97. The summed E-state index contributed by atoms with van der Waals surface area (Å²) in [6.07, 6.45) is 2.65. The van der Waals surface area contributed by atoms with E-state index in [9.17, 15) is 9.59 Å². The normalized spacial score (nSPS) is 30.7. The second kappa shape index (κ2) is 6.34. The van der Waals surface area contributed by atoms with Crippen molar-refractivity contribution in [2.75, 3.05) is 19.8 Å². The van der Waals surface area contributed by atoms with Crippen LogP contribution < -0.4 is 5.32 Å². The van der Waals surface area contributed by atoms with Crippen molar-refractivity contribution in [1.82, 2.24) is 10.2 Å². The Kier molecular flexibility index (Phi) is 4.91. The lowest BCUT2D eigenvalue weighted by molar-refractivity contribution is -0.152. The van der Waals surface area contributed by atoms with Gasteiger partial charge in [0.25, 0.3) is 0 Å². The van der Waals surface area contributed by atoms with E-state index in [0.29, 0.717) is 18.9 Å². The smallest absolute Gasteiger partial charge is 0.246 e. The van der Waals surface area contributed by atoms with E-state index < -0.39 is 6.04 Å². The zero-order valence-corrected chi connectivity index (χ0v) is 13.6. The van der Waals surface area contributed by atoms with Gasteiger partial charge in [-0.2, -0.15) is 0 Å². The zero-order valence-electron chi connectivity index (χ0n) is 13.6. The minimum Gasteiger partial charge on any atom is -0.381 e. The van der Waals surface area contributed by atoms with E-state index in [4.69, 9.17) is 4.74 Å². The molecule has 2 rings (SSSR count). The van der Waals surface area contributed by atoms with Crippen molar-refractivity contribution < 1.29 is 14.3 Å². The Labute approximate surface area is 127 Å². The van der Waals surface area contributed by atoms with Gasteiger partial charge in [0.1, 0.15) is 12.1 Å². The average molecular weight is 296 g/mol. The van der Waals surface area contributed by atoms with Gasteiger partial charge in [0.15, 0.2) is 0 Å². The summed E-state index contributed by atoms with van der Waals surface area (Å²) >= 11 is 0. The number of nitrogens with one attached hydrogen (secondary N) is 1. The standard InChI is InChI=1S/C16H28N2O3/c1-5-12-14(19)17-13(16(2,3)4)15(20)18(12)8-6-11-7-9-21-10-11/h11-13H,5-10H2,1-4H3,(H,17,19). The van der Waals surface area contributed by atoms with Gasteiger partial charge in [0.05, 0.1) is 0 Å². The molecular weight excluding hydrogens is 268 g/mol. The lowest BCUT2D eigenvalue weighted by Crippen LogP contribution is -2.66. The molecule has 120 valence electrons. The maximum atomic E-state index is 12.8. The number of carbonyl (C=O) groups is 2. The van der Waals surface area contributed by atoms with Crippen LogP contribution in [-0.2, 0) is 14.3 Å². The SMILES string of the molecule is CCC1C(=O)NC(C(C)(C)C)C(=O)N1CCC1CCOC1. The fourth-order valence-corrected chi connectivity index (χ4v) is 3.15. The van der Waals surface area contributed by atoms with Gasteiger partial charge < -0.3 is 15.0 Å². The maximum Gasteiger partial charge on any atom is 0.246 e. The molecule has 0 aliphatic carbocycles. The van der Waals surface area contributed by atoms with Gasteiger partial charge in [0.2, 0.25) is 11.8 Å². The monoisotopic (exact) mass is 296 g/mol. The maximum absolute atomic E-state index is 12.8. The predicted molar refractivity (Wildman–Crippen MR) is 80.7 cm³/mol. The molecule has 5 heteroatoms. The van der Waals surface area contributed by atoms with E-state index in [1.54, 1.807) is 4.90 Å². The molecule has 0 aromatic heterocycles. The summed E-state index contributed by atoms with van der Waals surface area (Å²) in [7, 11) is 0. The van der Waals surface area contributed by atoms with Crippen LogP contribution in [-0.4, -0.2) is 48.6 Å². The first-order valence-corrected chi connectivity index (χ1v) is 8.03. The molecule has 2 saturated heterocycles. The molecule has 3 unspecified atom stereocenters. The average Bonchev–Trinajstić information content (AvgIpc) is 2.91. The Morgan fingerprint density at radius 1 is 1.33 bits per heavy atom. The minimum absolute atomic E-state index is 0.0142. The van der Waals surface area contributed by atoms with Gasteiger partial charge in [-0.3, -0.25) is 9.59 Å². The Bertz CT molecular complexity index is 397. The molecule has 2 amide bonds. The summed E-state index contributed by atoms with van der Waals surface area (Å²) in [4.78, 5) is 26.9. The molecule has 2 heterocycles. The van der Waals surface area contributed by atoms with Gasteiger partial charge in [-0.25, -0.2) is 0 Å². The quantitative estimate of drug-likeness (QED) is 0.856. The van der Waals surface area contributed by atoms with Crippen molar-refractivity contribution in [3.8, 4) is 0 Å². The summed E-state index contributed by atoms with van der Waals surface area (Å²) < 4.78 is 5.39. The molecule has 3 atom stereocenters. The van der Waals surface area contributed by atoms with Crippen LogP contribution in [0.15, 0.2) is 0 Å². The molecule has 0 saturated carbocycles. The fraction of sp³-hybridized carbons (Fsp3) is 0.875. The third-order valence-corrected chi connectivity index (χ3v) is 4.55. The Morgan fingerprint density at radius 3 is 2.57 bits per heavy atom. The van der Waals surface area contributed by atoms with Gasteiger partial charge >= 0.3 is 0 Å². The molecule has 0 bridgehead atoms. The number of hydrogen-bond donors (Lipinski definition) is 1. The van der Waals surface area contributed by atoms with Crippen molar-refractivity contribution in [3.05, 3.63) is 0 Å². The topological polar surface area (TPSA) is 58.6 Å². The van der Waals surface area contributed by atoms with Crippen LogP contribution in [0.2, 0.25) is 0 Å². The summed E-state index contributed by atoms with van der Waals surface area (Å²) in [6.45, 7) is 10.2. The van der Waals surface area contributed by atoms with Gasteiger partial charge in [0, 0.05) is 19.8 Å². The highest BCUT2D eigenvalue weighted by atomic mass is 16.5. The second-order valence-corrected chi connectivity index (χ2v) is 7.28. The molecule has 21 heavy (non-hydrogen) atoms. The number of piperazine rings is 1. The molecule has 0 spiro atoms. The molecule has 0 aromatic rings. The largest absolute Gasteiger partial charge is 0.381 e. The first-order valence-electron chi connectivity index (χ1n) is 8.03. The second-order valence-electron chi connectivity index (χ2n) is 7.28. The van der Waals surface area contributed by atoms with Crippen LogP contribution in [0.1, 0.15) is 47.0 Å². The van der Waals surface area contributed by atoms with Crippen molar-refractivity contribution in [1.29, 1.82) is 0 Å². The molecule has 0 aromatic carbocycles. The number of amides is 2. The van der Waals surface area contributed by atoms with E-state index >= 15 is 0 Å². The number of nitrogens with zero attached hydrogens (tertiary/aromatic N) is 1. The third kappa shape index (κ3) is 3.57. The zero-order chi connectivity index (χ0) is 15.6. The predicted octanol–water partition coefficient (Wildman–Crippen LogP) is 1.56. The first-order chi connectivity index (χ1) is 9.84. The lowest BCUT2D eigenvalue weighted by Gasteiger charge is -2.43. The van der Waals surface area contributed by atoms with E-state index in [1.807, 2.05) is 27.7 Å². The van der Waals surface area contributed by atoms with Crippen molar-refractivity contribution in [3.63, 3.8) is 0 Å². The minimum atomic E-state index is -0.423. The molecule has 2 aliphatic rings. The number of carbonyl (C=O) groups excluding carboxylic acids is 2. The van der Waals surface area contributed by atoms with Gasteiger partial charge in [-0.05, 0) is 30.6 Å². The van der Waals surface area contributed by atoms with E-state index in [1.165, 1.54) is 0 Å². The highest BCUT2D eigenvalue weighted by Gasteiger charge is 2.44. The van der Waals surface area contributed by atoms with Crippen LogP contribution >= 0.6 is 0 Å². The van der Waals surface area contributed by atoms with Crippen LogP contribution in [0, 0.1) is 11.3 Å². The first kappa shape index (κ1) is 16.3. The molecule has 5 nitrogen and oxygen atoms in total. The van der Waals surface area contributed by atoms with Crippen molar-refractivity contribution >= 4 is 11.8 Å². The van der Waals surface area contributed by atoms with Gasteiger partial charge in [-0.15, -0.1) is 0 Å². The van der Waals surface area contributed by atoms with E-state index in [2.05, 4.69) is 5.32 Å². The van der Waals surface area contributed by atoms with E-state index in [-0.39, 0.29) is 23.3 Å². The third-order valence-electron chi connectivity index (χ3n) is 4.55. The Hall–Kier alpha value is -1.10. The summed E-state index contributed by atoms with van der Waals surface area (Å²) in [5.41, 5.74) is -0.264. The number of ether oxygens (including phenoxy) is 1. The van der Waals surface area contributed by atoms with E-state index in [0.717, 1.165) is 26.1 Å². The molecule has 1 N–H and O–H groups in total. The lowest BCUT2D eigenvalue weighted by atomic mass is 9.83. The summed E-state index contributed by atoms with van der Waals surface area (Å²) in [6, 6.07) is -0.744. The Balaban J connectivity index is 2.08. The number of hydrogen-bond acceptors (Lipinski definition) is 3. The van der Waals surface area contributed by atoms with Crippen molar-refractivity contribution in [2.45, 2.75) is 59.0 Å². The number of rotatable bonds is 4. The molecular formula is C16H28N2O3. The fourth-order valence-electron chi connectivity index (χ4n) is 3.15. The van der Waals surface area contributed by atoms with Gasteiger partial charge in [-0.1, -0.05) is 27.7 Å². The molecule has 0 radical (unpaired) electrons. The molecule has 2 aliphatic heterocycles. The van der Waals surface area contributed by atoms with Crippen molar-refractivity contribution in [2.24, 2.45) is 11.3 Å². The Morgan fingerprint density at radius 2 is 2.05 bits per heavy atom.